The Morgan fingerprint density at radius 3 is 2.55 bits per heavy atom. The third kappa shape index (κ3) is 4.24. The molecule has 1 N–H and O–H groups in total. The maximum Gasteiger partial charge on any atom is 0.480 e. The molecule has 1 heterocycles. The molecule has 2 bridgehead atoms. The topological polar surface area (TPSA) is 70.6 Å². The zero-order valence-electron chi connectivity index (χ0n) is 19.6. The zero-order chi connectivity index (χ0) is 22.6. The summed E-state index contributed by atoms with van der Waals surface area (Å²) < 4.78 is 28.8. The van der Waals surface area contributed by atoms with Crippen LogP contribution in [0.15, 0.2) is 30.3 Å². The average Bonchev–Trinajstić information content (AvgIpc) is 3.07. The first kappa shape index (κ1) is 23.3. The zero-order valence-corrected chi connectivity index (χ0v) is 20.5. The van der Waals surface area contributed by atoms with E-state index in [1.165, 1.54) is 6.42 Å². The summed E-state index contributed by atoms with van der Waals surface area (Å²) in [5.74, 6) is 0.913. The molecule has 5 rings (SSSR count). The Kier molecular flexibility index (Phi) is 6.15. The first-order chi connectivity index (χ1) is 14.4. The van der Waals surface area contributed by atoms with Gasteiger partial charge in [0.05, 0.1) is 17.6 Å². The van der Waals surface area contributed by atoms with Crippen molar-refractivity contribution in [1.82, 2.24) is 4.72 Å². The summed E-state index contributed by atoms with van der Waals surface area (Å²) in [5, 5.41) is 0. The fraction of sp³-hybridized carbons (Fsp3) is 0.708. The summed E-state index contributed by atoms with van der Waals surface area (Å²) in [6.45, 7) is 12.7. The van der Waals surface area contributed by atoms with E-state index in [9.17, 15) is 9.35 Å². The van der Waals surface area contributed by atoms with Crippen LogP contribution in [0.2, 0.25) is 0 Å². The molecule has 1 aromatic carbocycles. The van der Waals surface area contributed by atoms with Gasteiger partial charge in [-0.25, -0.2) is 0 Å². The van der Waals surface area contributed by atoms with E-state index in [0.29, 0.717) is 30.2 Å². The minimum absolute atomic E-state index is 0.0615. The highest BCUT2D eigenvalue weighted by molar-refractivity contribution is 7.90. The highest BCUT2D eigenvalue weighted by Crippen LogP contribution is 2.65. The van der Waals surface area contributed by atoms with Crippen molar-refractivity contribution in [2.75, 3.05) is 0 Å². The molecular formula is C24H36BNO4S. The number of benzene rings is 1. The normalized spacial score (nSPS) is 33.4. The molecule has 170 valence electrons. The first-order valence-electron chi connectivity index (χ1n) is 11.5. The highest BCUT2D eigenvalue weighted by Gasteiger charge is 2.68. The fourth-order valence-corrected chi connectivity index (χ4v) is 6.55. The summed E-state index contributed by atoms with van der Waals surface area (Å²) in [5.41, 5.74) is 0.647. The number of carbonyl (C=O) groups is 1. The van der Waals surface area contributed by atoms with Crippen LogP contribution in [0.1, 0.15) is 77.6 Å². The molecule has 7 heteroatoms. The molecule has 4 fully saturated rings. The molecule has 5 nitrogen and oxygen atoms in total. The van der Waals surface area contributed by atoms with Crippen LogP contribution in [0.25, 0.3) is 0 Å². The number of hydrogen-bond acceptors (Lipinski definition) is 5. The van der Waals surface area contributed by atoms with Crippen molar-refractivity contribution >= 4 is 24.3 Å². The van der Waals surface area contributed by atoms with Crippen LogP contribution in [-0.2, 0) is 20.7 Å². The van der Waals surface area contributed by atoms with E-state index in [4.69, 9.17) is 9.31 Å². The Balaban J connectivity index is 1.49. The lowest BCUT2D eigenvalue weighted by atomic mass is 9.43. The smallest absolute Gasteiger partial charge is 0.480 e. The molecule has 1 saturated heterocycles. The van der Waals surface area contributed by atoms with Crippen molar-refractivity contribution in [1.29, 1.82) is 0 Å². The summed E-state index contributed by atoms with van der Waals surface area (Å²) in [4.78, 5) is 12.7. The summed E-state index contributed by atoms with van der Waals surface area (Å²) in [7, 11) is -0.500. The molecular weight excluding hydrogens is 409 g/mol. The Hall–Kier alpha value is -0.855. The molecule has 3 aliphatic carbocycles. The third-order valence-corrected chi connectivity index (χ3v) is 9.52. The van der Waals surface area contributed by atoms with Crippen LogP contribution in [0, 0.1) is 17.3 Å². The van der Waals surface area contributed by atoms with E-state index >= 15 is 0 Å². The number of rotatable bonds is 7. The average molecular weight is 445 g/mol. The second kappa shape index (κ2) is 8.17. The number of Topliss-reactive ketones (excluding diaryl/α,β-unsaturated/α-hetero) is 1. The largest absolute Gasteiger partial charge is 0.598 e. The van der Waals surface area contributed by atoms with E-state index in [1.54, 1.807) is 0 Å². The van der Waals surface area contributed by atoms with E-state index in [2.05, 4.69) is 25.5 Å². The summed E-state index contributed by atoms with van der Waals surface area (Å²) in [6, 6.07) is 9.33. The Labute approximate surface area is 190 Å². The molecule has 0 spiro atoms. The lowest BCUT2D eigenvalue weighted by Gasteiger charge is -2.64. The quantitative estimate of drug-likeness (QED) is 0.384. The number of ketones is 1. The van der Waals surface area contributed by atoms with Gasteiger partial charge in [0.2, 0.25) is 0 Å². The fourth-order valence-electron chi connectivity index (χ4n) is 5.69. The van der Waals surface area contributed by atoms with Crippen LogP contribution >= 0.6 is 0 Å². The van der Waals surface area contributed by atoms with Crippen molar-refractivity contribution in [3.05, 3.63) is 35.9 Å². The van der Waals surface area contributed by atoms with E-state index in [0.717, 1.165) is 6.42 Å². The van der Waals surface area contributed by atoms with Crippen LogP contribution < -0.4 is 4.72 Å². The van der Waals surface area contributed by atoms with E-state index in [-0.39, 0.29) is 28.8 Å². The summed E-state index contributed by atoms with van der Waals surface area (Å²) >= 11 is -1.28. The predicted molar refractivity (Wildman–Crippen MR) is 125 cm³/mol. The van der Waals surface area contributed by atoms with Gasteiger partial charge in [0, 0.05) is 23.3 Å². The van der Waals surface area contributed by atoms with Gasteiger partial charge in [0.25, 0.3) is 0 Å². The molecule has 1 aromatic rings. The Morgan fingerprint density at radius 1 is 1.26 bits per heavy atom. The van der Waals surface area contributed by atoms with Gasteiger partial charge < -0.3 is 13.9 Å². The van der Waals surface area contributed by atoms with Gasteiger partial charge in [-0.05, 0) is 64.2 Å². The molecule has 6 atom stereocenters. The van der Waals surface area contributed by atoms with Gasteiger partial charge in [-0.3, -0.25) is 4.79 Å². The molecule has 0 amide bonds. The maximum atomic E-state index is 12.9. The Morgan fingerprint density at radius 2 is 1.94 bits per heavy atom. The lowest BCUT2D eigenvalue weighted by Crippen LogP contribution is -2.65. The van der Waals surface area contributed by atoms with E-state index in [1.807, 2.05) is 51.1 Å². The second-order valence-electron chi connectivity index (χ2n) is 11.3. The van der Waals surface area contributed by atoms with Crippen molar-refractivity contribution in [2.45, 2.75) is 89.6 Å². The van der Waals surface area contributed by atoms with Crippen LogP contribution in [-0.4, -0.2) is 39.8 Å². The number of hydrogen-bond donors (Lipinski definition) is 1. The van der Waals surface area contributed by atoms with Crippen molar-refractivity contribution in [2.24, 2.45) is 17.3 Å². The molecule has 1 aliphatic heterocycles. The standard InChI is InChI=1S/C24H36BNO4S/c1-22(2,3)31(28)26-21(13-12-18(27)16-10-8-7-9-11-16)25-29-20-15-17-14-19(23(17,4)5)24(20,6)30-25/h7-11,17,19-21,26H,12-15H2,1-6H3/t17-,19-,20+,21?,24-,31?/m0/s1. The molecule has 0 aromatic heterocycles. The van der Waals surface area contributed by atoms with Crippen LogP contribution in [0.3, 0.4) is 0 Å². The molecule has 2 unspecified atom stereocenters. The number of carbonyl (C=O) groups excluding carboxylic acids is 1. The SMILES string of the molecule is CC1(C)[C@@H]2C[C@H]3OB(C(CCC(=O)c4ccccc4)N[S+]([O-])C(C)(C)C)O[C@@]3(C)[C@H]1C2. The second-order valence-corrected chi connectivity index (χ2v) is 13.3. The van der Waals surface area contributed by atoms with Gasteiger partial charge in [-0.1, -0.05) is 44.2 Å². The summed E-state index contributed by atoms with van der Waals surface area (Å²) in [6.07, 6.45) is 3.13. The van der Waals surface area contributed by atoms with Crippen molar-refractivity contribution in [3.63, 3.8) is 0 Å². The first-order valence-corrected chi connectivity index (χ1v) is 12.7. The third-order valence-electron chi connectivity index (χ3n) is 7.89. The van der Waals surface area contributed by atoms with Gasteiger partial charge in [-0.15, -0.1) is 4.72 Å². The molecule has 3 saturated carbocycles. The molecule has 31 heavy (non-hydrogen) atoms. The van der Waals surface area contributed by atoms with Gasteiger partial charge >= 0.3 is 7.12 Å². The van der Waals surface area contributed by atoms with Crippen molar-refractivity contribution < 1.29 is 18.7 Å². The minimum atomic E-state index is -1.28. The van der Waals surface area contributed by atoms with Crippen LogP contribution in [0.4, 0.5) is 0 Å². The lowest BCUT2D eigenvalue weighted by molar-refractivity contribution is -0.199. The predicted octanol–water partition coefficient (Wildman–Crippen LogP) is 4.34. The Bertz CT molecular complexity index is 814. The molecule has 4 aliphatic rings. The maximum absolute atomic E-state index is 12.9. The van der Waals surface area contributed by atoms with Gasteiger partial charge in [0.15, 0.2) is 5.78 Å². The number of nitrogens with one attached hydrogen (secondary N) is 1. The monoisotopic (exact) mass is 445 g/mol. The van der Waals surface area contributed by atoms with E-state index < -0.39 is 23.2 Å². The highest BCUT2D eigenvalue weighted by atomic mass is 32.2. The van der Waals surface area contributed by atoms with Crippen LogP contribution in [0.5, 0.6) is 0 Å². The minimum Gasteiger partial charge on any atom is -0.598 e. The van der Waals surface area contributed by atoms with Crippen molar-refractivity contribution in [3.8, 4) is 0 Å². The van der Waals surface area contributed by atoms with Gasteiger partial charge in [-0.2, -0.15) is 0 Å². The molecule has 0 radical (unpaired) electrons. The van der Waals surface area contributed by atoms with Gasteiger partial charge in [0.1, 0.15) is 4.75 Å².